The first-order chi connectivity index (χ1) is 19.6. The molecule has 2 aromatic carbocycles. The normalized spacial score (nSPS) is 17.5. The molecule has 4 heterocycles. The average Bonchev–Trinajstić information content (AvgIpc) is 3.67. The second-order valence-corrected chi connectivity index (χ2v) is 10.7. The molecule has 2 aromatic heterocycles. The zero-order valence-corrected chi connectivity index (χ0v) is 23.0. The van der Waals surface area contributed by atoms with Gasteiger partial charge >= 0.3 is 0 Å². The molecule has 10 nitrogen and oxygen atoms in total. The van der Waals surface area contributed by atoms with Crippen LogP contribution in [0.1, 0.15) is 28.4 Å². The van der Waals surface area contributed by atoms with Crippen molar-refractivity contribution in [3.63, 3.8) is 0 Å². The van der Waals surface area contributed by atoms with E-state index in [-0.39, 0.29) is 18.6 Å². The Balaban J connectivity index is 1.28. The zero-order valence-electron chi connectivity index (χ0n) is 22.2. The van der Waals surface area contributed by atoms with E-state index in [4.69, 9.17) is 14.7 Å². The molecule has 0 aliphatic carbocycles. The first-order valence-corrected chi connectivity index (χ1v) is 14.2. The number of hydrogen-bond donors (Lipinski definition) is 2. The fourth-order valence-electron chi connectivity index (χ4n) is 5.17. The van der Waals surface area contributed by atoms with Crippen LogP contribution in [0.25, 0.3) is 10.2 Å². The van der Waals surface area contributed by atoms with Gasteiger partial charge in [0.1, 0.15) is 5.75 Å². The lowest BCUT2D eigenvalue weighted by Gasteiger charge is -2.34. The molecule has 4 aromatic rings. The highest BCUT2D eigenvalue weighted by molar-refractivity contribution is 7.17. The van der Waals surface area contributed by atoms with Gasteiger partial charge in [0, 0.05) is 62.7 Å². The number of β-amino-alcohol motifs (C(OH)–C–C–N with tert-alkyl or cyclic N) is 1. The van der Waals surface area contributed by atoms with Crippen LogP contribution in [0.2, 0.25) is 0 Å². The number of hydrazone groups is 1. The molecule has 2 N–H and O–H groups in total. The number of aliphatic hydroxyl groups excluding tert-OH is 1. The molecule has 2 aliphatic rings. The molecular weight excluding hydrogens is 526 g/mol. The fourth-order valence-corrected chi connectivity index (χ4v) is 5.98. The highest BCUT2D eigenvalue weighted by Gasteiger charge is 2.28. The number of carbonyl (C=O) groups excluding carboxylic acids is 1. The summed E-state index contributed by atoms with van der Waals surface area (Å²) in [5, 5.41) is 21.2. The molecule has 1 unspecified atom stereocenters. The van der Waals surface area contributed by atoms with Crippen LogP contribution >= 0.6 is 11.3 Å². The topological polar surface area (TPSA) is 106 Å². The Hall–Kier alpha value is -4.06. The van der Waals surface area contributed by atoms with E-state index in [1.807, 2.05) is 57.9 Å². The second kappa shape index (κ2) is 11.6. The van der Waals surface area contributed by atoms with E-state index in [9.17, 15) is 9.90 Å². The van der Waals surface area contributed by atoms with Crippen LogP contribution in [0, 0.1) is 0 Å². The van der Waals surface area contributed by atoms with Gasteiger partial charge in [-0.15, -0.1) is 11.3 Å². The molecule has 206 valence electrons. The van der Waals surface area contributed by atoms with E-state index in [0.717, 1.165) is 35.5 Å². The molecule has 2 aliphatic heterocycles. The van der Waals surface area contributed by atoms with Crippen molar-refractivity contribution in [2.45, 2.75) is 12.5 Å². The first kappa shape index (κ1) is 26.2. The Morgan fingerprint density at radius 1 is 1.10 bits per heavy atom. The predicted octanol–water partition coefficient (Wildman–Crippen LogP) is 4.13. The monoisotopic (exact) mass is 557 g/mol. The quantitative estimate of drug-likeness (QED) is 0.333. The van der Waals surface area contributed by atoms with Crippen molar-refractivity contribution in [3.05, 3.63) is 71.1 Å². The van der Waals surface area contributed by atoms with Gasteiger partial charge in [0.2, 0.25) is 5.95 Å². The summed E-state index contributed by atoms with van der Waals surface area (Å²) in [6.07, 6.45) is 2.72. The fraction of sp³-hybridized carbons (Fsp3) is 0.310. The van der Waals surface area contributed by atoms with Gasteiger partial charge in [-0.25, -0.2) is 9.99 Å². The maximum absolute atomic E-state index is 13.4. The lowest BCUT2D eigenvalue weighted by atomic mass is 10.0. The Kier molecular flexibility index (Phi) is 7.58. The van der Waals surface area contributed by atoms with E-state index < -0.39 is 0 Å². The molecule has 11 heteroatoms. The van der Waals surface area contributed by atoms with Crippen molar-refractivity contribution < 1.29 is 14.6 Å². The van der Waals surface area contributed by atoms with Gasteiger partial charge in [-0.05, 0) is 29.1 Å². The first-order valence-electron chi connectivity index (χ1n) is 13.3. The maximum atomic E-state index is 13.4. The number of aliphatic hydroxyl groups is 1. The Labute approximate surface area is 236 Å². The second-order valence-electron chi connectivity index (χ2n) is 9.74. The molecule has 40 heavy (non-hydrogen) atoms. The Morgan fingerprint density at radius 3 is 2.70 bits per heavy atom. The van der Waals surface area contributed by atoms with Gasteiger partial charge in [0.05, 0.1) is 30.0 Å². The number of benzene rings is 2. The smallest absolute Gasteiger partial charge is 0.254 e. The molecule has 0 bridgehead atoms. The standard InChI is InChI=1S/C29H31N7O3S/c1-39-23-18-21(28(38)35-12-10-34(11-13-35)14-15-37)17-22(19-23)31-29-32-24-8-16-40-26(24)27(33-29)36-25(7-9-30-36)20-5-3-2-4-6-20/h2-6,8-9,16-19,25,37H,7,10-15H2,1H3,(H,31,32,33). The number of anilines is 3. The summed E-state index contributed by atoms with van der Waals surface area (Å²) in [5.74, 6) is 1.67. The number of nitrogens with one attached hydrogen (secondary N) is 1. The number of rotatable bonds is 8. The SMILES string of the molecule is COc1cc(Nc2nc(N3N=CCC3c3ccccc3)c3sccc3n2)cc(C(=O)N2CCN(CCO)CC2)c1. The minimum absolute atomic E-state index is 0.0492. The van der Waals surface area contributed by atoms with E-state index in [2.05, 4.69) is 27.5 Å². The lowest BCUT2D eigenvalue weighted by molar-refractivity contribution is 0.0614. The molecule has 6 rings (SSSR count). The van der Waals surface area contributed by atoms with Gasteiger partial charge < -0.3 is 20.1 Å². The third-order valence-corrected chi connectivity index (χ3v) is 8.14. The van der Waals surface area contributed by atoms with Gasteiger partial charge in [-0.2, -0.15) is 10.1 Å². The van der Waals surface area contributed by atoms with Crippen molar-refractivity contribution in [3.8, 4) is 5.75 Å². The third-order valence-electron chi connectivity index (χ3n) is 7.24. The number of hydrogen-bond acceptors (Lipinski definition) is 10. The zero-order chi connectivity index (χ0) is 27.5. The van der Waals surface area contributed by atoms with Crippen molar-refractivity contribution in [1.29, 1.82) is 0 Å². The maximum Gasteiger partial charge on any atom is 0.254 e. The van der Waals surface area contributed by atoms with Gasteiger partial charge in [-0.3, -0.25) is 9.69 Å². The van der Waals surface area contributed by atoms with Crippen LogP contribution in [0.5, 0.6) is 5.75 Å². The highest BCUT2D eigenvalue weighted by Crippen LogP contribution is 2.38. The number of amides is 1. The number of carbonyl (C=O) groups is 1. The van der Waals surface area contributed by atoms with Gasteiger partial charge in [0.15, 0.2) is 5.82 Å². The molecular formula is C29H31N7O3S. The lowest BCUT2D eigenvalue weighted by Crippen LogP contribution is -2.49. The summed E-state index contributed by atoms with van der Waals surface area (Å²) >= 11 is 1.59. The number of aromatic nitrogens is 2. The highest BCUT2D eigenvalue weighted by atomic mass is 32.1. The molecule has 0 radical (unpaired) electrons. The van der Waals surface area contributed by atoms with Crippen LogP contribution < -0.4 is 15.1 Å². The predicted molar refractivity (Wildman–Crippen MR) is 158 cm³/mol. The summed E-state index contributed by atoms with van der Waals surface area (Å²) in [6.45, 7) is 3.44. The molecule has 0 spiro atoms. The molecule has 1 saturated heterocycles. The van der Waals surface area contributed by atoms with Crippen LogP contribution in [0.4, 0.5) is 17.5 Å². The summed E-state index contributed by atoms with van der Waals surface area (Å²) in [4.78, 5) is 27.1. The summed E-state index contributed by atoms with van der Waals surface area (Å²) < 4.78 is 6.50. The van der Waals surface area contributed by atoms with Gasteiger partial charge in [-0.1, -0.05) is 30.3 Å². The average molecular weight is 558 g/mol. The van der Waals surface area contributed by atoms with E-state index >= 15 is 0 Å². The minimum atomic E-state index is -0.0578. The van der Waals surface area contributed by atoms with Crippen LogP contribution in [0.3, 0.4) is 0 Å². The molecule has 0 saturated carbocycles. The largest absolute Gasteiger partial charge is 0.497 e. The summed E-state index contributed by atoms with van der Waals surface area (Å²) in [7, 11) is 1.59. The molecule has 1 atom stereocenters. The summed E-state index contributed by atoms with van der Waals surface area (Å²) in [6, 6.07) is 17.7. The van der Waals surface area contributed by atoms with Crippen molar-refractivity contribution in [2.24, 2.45) is 5.10 Å². The number of nitrogens with zero attached hydrogens (tertiary/aromatic N) is 6. The van der Waals surface area contributed by atoms with E-state index in [1.165, 1.54) is 5.56 Å². The Bertz CT molecular complexity index is 1520. The number of methoxy groups -OCH3 is 1. The molecule has 1 fully saturated rings. The number of ether oxygens (including phenoxy) is 1. The number of fused-ring (bicyclic) bond motifs is 1. The minimum Gasteiger partial charge on any atom is -0.497 e. The number of piperazine rings is 1. The van der Waals surface area contributed by atoms with Crippen molar-refractivity contribution >= 4 is 51.1 Å². The third kappa shape index (κ3) is 5.35. The van der Waals surface area contributed by atoms with Crippen molar-refractivity contribution in [1.82, 2.24) is 19.8 Å². The number of thiophene rings is 1. The van der Waals surface area contributed by atoms with Crippen LogP contribution in [-0.2, 0) is 0 Å². The van der Waals surface area contributed by atoms with Crippen LogP contribution in [0.15, 0.2) is 65.1 Å². The van der Waals surface area contributed by atoms with Crippen LogP contribution in [-0.4, -0.2) is 83.4 Å². The van der Waals surface area contributed by atoms with Gasteiger partial charge in [0.25, 0.3) is 5.91 Å². The van der Waals surface area contributed by atoms with E-state index in [0.29, 0.717) is 42.6 Å². The Morgan fingerprint density at radius 2 is 1.93 bits per heavy atom. The molecule has 1 amide bonds. The van der Waals surface area contributed by atoms with E-state index in [1.54, 1.807) is 24.5 Å². The van der Waals surface area contributed by atoms with Crippen molar-refractivity contribution in [2.75, 3.05) is 56.8 Å². The summed E-state index contributed by atoms with van der Waals surface area (Å²) in [5.41, 5.74) is 3.19.